The van der Waals surface area contributed by atoms with Gasteiger partial charge in [0.25, 0.3) is 0 Å². The summed E-state index contributed by atoms with van der Waals surface area (Å²) in [5.41, 5.74) is 0. The van der Waals surface area contributed by atoms with Crippen LogP contribution in [0.3, 0.4) is 0 Å². The molecular weight excluding hydrogens is 334 g/mol. The smallest absolute Gasteiger partial charge is 0.356 e. The molecule has 0 aromatic rings. The van der Waals surface area contributed by atoms with Crippen molar-refractivity contribution in [2.45, 2.75) is 0 Å². The maximum absolute atomic E-state index is 8.25. The maximum Gasteiger partial charge on any atom is 2.00 e. The van der Waals surface area contributed by atoms with Crippen LogP contribution in [0.15, 0.2) is 0 Å². The first kappa shape index (κ1) is 42.7. The fourth-order valence-electron chi connectivity index (χ4n) is 0. The molecule has 0 aliphatic carbocycles. The molecule has 19 heavy (non-hydrogen) atoms. The quantitative estimate of drug-likeness (QED) is 0.227. The Kier molecular flexibility index (Phi) is 81.4. The molecule has 0 heterocycles. The summed E-state index contributed by atoms with van der Waals surface area (Å²) < 4.78 is 0. The minimum Gasteiger partial charge on any atom is -0.356 e. The minimum atomic E-state index is -1.75. The number of nitrogens with zero attached hydrogens (tertiary/aromatic N) is 4. The first-order valence-electron chi connectivity index (χ1n) is 2.19. The molecule has 0 spiro atoms. The Morgan fingerprint density at radius 3 is 0.474 bits per heavy atom. The zero-order valence-electron chi connectivity index (χ0n) is 9.39. The van der Waals surface area contributed by atoms with Crippen LogP contribution in [0.25, 0.3) is 0 Å². The summed E-state index contributed by atoms with van der Waals surface area (Å²) >= 11 is 0. The predicted octanol–water partition coefficient (Wildman–Crippen LogP) is -7.33. The van der Waals surface area contributed by atoms with E-state index in [1.54, 1.807) is 0 Å². The van der Waals surface area contributed by atoms with Crippen LogP contribution in [-0.4, -0.2) is 43.4 Å². The molecule has 0 amide bonds. The second kappa shape index (κ2) is 36.2. The van der Waals surface area contributed by atoms with Crippen molar-refractivity contribution in [3.63, 3.8) is 0 Å². The fraction of sp³-hybridized carbons (Fsp3) is 0. The van der Waals surface area contributed by atoms with E-state index in [0.717, 1.165) is 0 Å². The van der Waals surface area contributed by atoms with Crippen LogP contribution in [0.4, 0.5) is 0 Å². The average Bonchev–Trinajstić information content (AvgIpc) is 1.76. The van der Waals surface area contributed by atoms with Crippen molar-refractivity contribution in [3.8, 4) is 0 Å². The van der Waals surface area contributed by atoms with Gasteiger partial charge in [-0.15, -0.1) is 0 Å². The zero-order chi connectivity index (χ0) is 14.3. The predicted molar refractivity (Wildman–Crippen MR) is 47.2 cm³/mol. The third-order valence-corrected chi connectivity index (χ3v) is 0. The molecule has 16 nitrogen and oxygen atoms in total. The molecule has 0 rings (SSSR count). The molecule has 0 saturated heterocycles. The second-order valence-corrected chi connectivity index (χ2v) is 0.894. The fourth-order valence-corrected chi connectivity index (χ4v) is 0. The molecule has 19 heteroatoms. The molecule has 0 aromatic carbocycles. The molecule has 0 atom stereocenters. The molecule has 0 aliphatic heterocycles. The molecular formula is KMgN4NaO12. The largest absolute Gasteiger partial charge is 2.00 e. The standard InChI is InChI=1S/K.Mg.4NO3.Na/c;;4*2-1(3)4;/q+1;+2;4*-1;+1. The van der Waals surface area contributed by atoms with E-state index in [0.29, 0.717) is 0 Å². The monoisotopic (exact) mass is 334 g/mol. The third-order valence-electron chi connectivity index (χ3n) is 0. The van der Waals surface area contributed by atoms with Gasteiger partial charge in [0.15, 0.2) is 0 Å². The van der Waals surface area contributed by atoms with Crippen molar-refractivity contribution >= 4 is 23.1 Å². The normalized spacial score (nSPS) is 5.05. The summed E-state index contributed by atoms with van der Waals surface area (Å²) in [6, 6.07) is 0. The van der Waals surface area contributed by atoms with E-state index in [1.807, 2.05) is 0 Å². The van der Waals surface area contributed by atoms with Crippen LogP contribution < -0.4 is 80.9 Å². The summed E-state index contributed by atoms with van der Waals surface area (Å²) in [7, 11) is 0. The van der Waals surface area contributed by atoms with E-state index in [2.05, 4.69) is 0 Å². The Balaban J connectivity index is -0.0000000192. The van der Waals surface area contributed by atoms with Crippen molar-refractivity contribution in [2.75, 3.05) is 0 Å². The van der Waals surface area contributed by atoms with E-state index >= 15 is 0 Å². The van der Waals surface area contributed by atoms with Crippen LogP contribution in [0.1, 0.15) is 0 Å². The summed E-state index contributed by atoms with van der Waals surface area (Å²) in [6.45, 7) is 0. The Labute approximate surface area is 183 Å². The molecule has 0 aliphatic rings. The van der Waals surface area contributed by atoms with E-state index in [9.17, 15) is 0 Å². The molecule has 0 radical (unpaired) electrons. The SMILES string of the molecule is O=[N+]([O-])[O-].O=[N+]([O-])[O-].O=[N+]([O-])[O-].O=[N+]([O-])[O-].[K+].[Mg+2].[Na+]. The van der Waals surface area contributed by atoms with Crippen molar-refractivity contribution in [3.05, 3.63) is 61.3 Å². The molecule has 0 fully saturated rings. The van der Waals surface area contributed by atoms with Gasteiger partial charge in [-0.1, -0.05) is 0 Å². The van der Waals surface area contributed by atoms with E-state index < -0.39 is 20.3 Å². The Morgan fingerprint density at radius 2 is 0.474 bits per heavy atom. The Hall–Kier alpha value is 0.203. The van der Waals surface area contributed by atoms with Crippen LogP contribution in [-0.2, 0) is 0 Å². The molecule has 0 bridgehead atoms. The van der Waals surface area contributed by atoms with Gasteiger partial charge in [-0.2, -0.15) is 0 Å². The van der Waals surface area contributed by atoms with Crippen LogP contribution >= 0.6 is 0 Å². The van der Waals surface area contributed by atoms with Crippen molar-refractivity contribution in [1.29, 1.82) is 0 Å². The summed E-state index contributed by atoms with van der Waals surface area (Å²) in [4.78, 5) is 33.0. The van der Waals surface area contributed by atoms with E-state index in [4.69, 9.17) is 61.3 Å². The molecule has 0 aromatic heterocycles. The van der Waals surface area contributed by atoms with Gasteiger partial charge < -0.3 is 61.3 Å². The zero-order valence-corrected chi connectivity index (χ0v) is 15.9. The van der Waals surface area contributed by atoms with Gasteiger partial charge in [0.1, 0.15) is 0 Å². The van der Waals surface area contributed by atoms with Gasteiger partial charge in [0.2, 0.25) is 0 Å². The van der Waals surface area contributed by atoms with Gasteiger partial charge in [-0.25, -0.2) is 0 Å². The number of hydrogen-bond donors (Lipinski definition) is 0. The maximum atomic E-state index is 8.25. The summed E-state index contributed by atoms with van der Waals surface area (Å²) in [5.74, 6) is 0. The number of hydrogen-bond acceptors (Lipinski definition) is 12. The van der Waals surface area contributed by atoms with Crippen LogP contribution in [0.2, 0.25) is 0 Å². The van der Waals surface area contributed by atoms with Crippen LogP contribution in [0, 0.1) is 61.3 Å². The van der Waals surface area contributed by atoms with E-state index in [1.165, 1.54) is 0 Å². The molecule has 0 saturated carbocycles. The van der Waals surface area contributed by atoms with Gasteiger partial charge in [-0.3, -0.25) is 0 Å². The molecule has 0 unspecified atom stereocenters. The summed E-state index contributed by atoms with van der Waals surface area (Å²) in [6.07, 6.45) is 0. The molecule has 0 N–H and O–H groups in total. The van der Waals surface area contributed by atoms with Crippen molar-refractivity contribution < 1.29 is 101 Å². The van der Waals surface area contributed by atoms with Gasteiger partial charge >= 0.3 is 104 Å². The van der Waals surface area contributed by atoms with Crippen molar-refractivity contribution in [1.82, 2.24) is 0 Å². The van der Waals surface area contributed by atoms with Crippen LogP contribution in [0.5, 0.6) is 0 Å². The van der Waals surface area contributed by atoms with Crippen molar-refractivity contribution in [2.24, 2.45) is 0 Å². The Bertz CT molecular complexity index is 170. The number of rotatable bonds is 0. The van der Waals surface area contributed by atoms with E-state index in [-0.39, 0.29) is 104 Å². The topological polar surface area (TPSA) is 265 Å². The first-order chi connectivity index (χ1) is 6.93. The van der Waals surface area contributed by atoms with Gasteiger partial charge in [0, 0.05) is 0 Å². The van der Waals surface area contributed by atoms with Gasteiger partial charge in [0.05, 0.1) is 20.3 Å². The third kappa shape index (κ3) is 116000. The van der Waals surface area contributed by atoms with Gasteiger partial charge in [-0.05, 0) is 0 Å². The molecule has 96 valence electrons. The minimum absolute atomic E-state index is 0. The second-order valence-electron chi connectivity index (χ2n) is 0.894. The average molecular weight is 334 g/mol. The Morgan fingerprint density at radius 1 is 0.474 bits per heavy atom. The summed E-state index contributed by atoms with van der Waals surface area (Å²) in [5, 5.41) is 59.0. The first-order valence-corrected chi connectivity index (χ1v) is 2.19.